The highest BCUT2D eigenvalue weighted by Gasteiger charge is 2.30. The first-order valence-corrected chi connectivity index (χ1v) is 11.2. The number of piperidine rings is 1. The lowest BCUT2D eigenvalue weighted by Gasteiger charge is -2.33. The molecule has 1 saturated carbocycles. The van der Waals surface area contributed by atoms with E-state index in [9.17, 15) is 9.59 Å². The summed E-state index contributed by atoms with van der Waals surface area (Å²) in [5.41, 5.74) is 2.16. The molecule has 30 heavy (non-hydrogen) atoms. The number of amides is 2. The summed E-state index contributed by atoms with van der Waals surface area (Å²) in [7, 11) is 0. The molecule has 2 aliphatic rings. The average Bonchev–Trinajstić information content (AvgIpc) is 3.30. The molecule has 0 unspecified atom stereocenters. The van der Waals surface area contributed by atoms with Gasteiger partial charge in [0.2, 0.25) is 5.91 Å². The number of nitrogens with one attached hydrogen (secondary N) is 2. The molecule has 2 fully saturated rings. The van der Waals surface area contributed by atoms with Gasteiger partial charge in [0, 0.05) is 43.0 Å². The minimum absolute atomic E-state index is 0.00418. The van der Waals surface area contributed by atoms with Gasteiger partial charge in [0.15, 0.2) is 5.69 Å². The smallest absolute Gasteiger partial charge is 0.274 e. The predicted molar refractivity (Wildman–Crippen MR) is 115 cm³/mol. The van der Waals surface area contributed by atoms with Crippen molar-refractivity contribution >= 4 is 11.8 Å². The second kappa shape index (κ2) is 9.41. The average molecular weight is 410 g/mol. The van der Waals surface area contributed by atoms with E-state index in [1.54, 1.807) is 18.5 Å². The number of hydrogen-bond donors (Lipinski definition) is 2. The fraction of sp³-hybridized carbons (Fsp3) is 0.565. The van der Waals surface area contributed by atoms with Crippen LogP contribution in [0.15, 0.2) is 30.6 Å². The van der Waals surface area contributed by atoms with Gasteiger partial charge < -0.3 is 10.2 Å². The second-order valence-corrected chi connectivity index (χ2v) is 8.60. The minimum atomic E-state index is -0.0803. The largest absolute Gasteiger partial charge is 0.353 e. The third kappa shape index (κ3) is 4.71. The number of nitrogens with zero attached hydrogens (tertiary/aromatic N) is 3. The number of rotatable bonds is 5. The Morgan fingerprint density at radius 1 is 1.10 bits per heavy atom. The van der Waals surface area contributed by atoms with E-state index in [2.05, 4.69) is 27.4 Å². The number of aromatic nitrogens is 3. The van der Waals surface area contributed by atoms with Gasteiger partial charge in [-0.2, -0.15) is 5.10 Å². The molecule has 4 rings (SSSR count). The van der Waals surface area contributed by atoms with Crippen molar-refractivity contribution in [1.82, 2.24) is 25.4 Å². The Balaban J connectivity index is 1.27. The van der Waals surface area contributed by atoms with E-state index in [1.807, 2.05) is 17.0 Å². The first-order valence-electron chi connectivity index (χ1n) is 11.2. The van der Waals surface area contributed by atoms with Gasteiger partial charge in [-0.25, -0.2) is 0 Å². The standard InChI is InChI=1S/C23H31N5O2/c1-2-16-3-5-19(6-4-16)25-22(29)18-9-13-28(14-10-18)23(30)21-15-20(26-27-21)17-7-11-24-12-8-17/h7-8,11-12,15-16,18-19H,2-6,9-10,13-14H2,1H3,(H,25,29)(H,26,27)/t16-,19-. The molecule has 2 aromatic rings. The molecule has 1 saturated heterocycles. The Labute approximate surface area is 177 Å². The van der Waals surface area contributed by atoms with Gasteiger partial charge >= 0.3 is 0 Å². The summed E-state index contributed by atoms with van der Waals surface area (Å²) in [6, 6.07) is 5.86. The third-order valence-electron chi connectivity index (χ3n) is 6.71. The van der Waals surface area contributed by atoms with Gasteiger partial charge in [0.1, 0.15) is 0 Å². The fourth-order valence-electron chi connectivity index (χ4n) is 4.65. The maximum atomic E-state index is 12.8. The summed E-state index contributed by atoms with van der Waals surface area (Å²) in [6.45, 7) is 3.44. The Bertz CT molecular complexity index is 849. The monoisotopic (exact) mass is 409 g/mol. The normalized spacial score (nSPS) is 22.6. The summed E-state index contributed by atoms with van der Waals surface area (Å²) >= 11 is 0. The lowest BCUT2D eigenvalue weighted by atomic mass is 9.84. The molecule has 7 heteroatoms. The predicted octanol–water partition coefficient (Wildman–Crippen LogP) is 3.41. The molecule has 2 aromatic heterocycles. The molecule has 160 valence electrons. The Morgan fingerprint density at radius 2 is 1.80 bits per heavy atom. The highest BCUT2D eigenvalue weighted by Crippen LogP contribution is 2.27. The fourth-order valence-corrected chi connectivity index (χ4v) is 4.65. The molecule has 1 aliphatic carbocycles. The van der Waals surface area contributed by atoms with Crippen LogP contribution < -0.4 is 5.32 Å². The zero-order chi connectivity index (χ0) is 20.9. The molecule has 0 aromatic carbocycles. The zero-order valence-electron chi connectivity index (χ0n) is 17.6. The van der Waals surface area contributed by atoms with E-state index >= 15 is 0 Å². The first-order chi connectivity index (χ1) is 14.6. The van der Waals surface area contributed by atoms with Crippen LogP contribution in [0.25, 0.3) is 11.3 Å². The van der Waals surface area contributed by atoms with Crippen molar-refractivity contribution in [3.63, 3.8) is 0 Å². The van der Waals surface area contributed by atoms with Crippen LogP contribution in [0, 0.1) is 11.8 Å². The number of H-pyrrole nitrogens is 1. The molecular weight excluding hydrogens is 378 g/mol. The Morgan fingerprint density at radius 3 is 2.47 bits per heavy atom. The van der Waals surface area contributed by atoms with Gasteiger partial charge in [-0.05, 0) is 62.6 Å². The maximum absolute atomic E-state index is 12.8. The van der Waals surface area contributed by atoms with Crippen molar-refractivity contribution < 1.29 is 9.59 Å². The van der Waals surface area contributed by atoms with E-state index in [1.165, 1.54) is 19.3 Å². The summed E-state index contributed by atoms with van der Waals surface area (Å²) in [4.78, 5) is 31.3. The van der Waals surface area contributed by atoms with Crippen LogP contribution in [0.5, 0.6) is 0 Å². The molecular formula is C23H31N5O2. The molecule has 0 bridgehead atoms. The Kier molecular flexibility index (Phi) is 6.45. The molecule has 0 spiro atoms. The van der Waals surface area contributed by atoms with E-state index < -0.39 is 0 Å². The van der Waals surface area contributed by atoms with E-state index in [0.717, 1.165) is 30.0 Å². The molecule has 0 atom stereocenters. The molecule has 2 amide bonds. The number of carbonyl (C=O) groups is 2. The van der Waals surface area contributed by atoms with E-state index in [-0.39, 0.29) is 17.7 Å². The number of hydrogen-bond acceptors (Lipinski definition) is 4. The van der Waals surface area contributed by atoms with Crippen molar-refractivity contribution in [3.05, 3.63) is 36.3 Å². The lowest BCUT2D eigenvalue weighted by Crippen LogP contribution is -2.46. The molecule has 7 nitrogen and oxygen atoms in total. The van der Waals surface area contributed by atoms with Gasteiger partial charge in [-0.3, -0.25) is 19.7 Å². The topological polar surface area (TPSA) is 91.0 Å². The van der Waals surface area contributed by atoms with Crippen molar-refractivity contribution in [2.45, 2.75) is 57.9 Å². The van der Waals surface area contributed by atoms with Crippen LogP contribution in [-0.4, -0.2) is 51.0 Å². The van der Waals surface area contributed by atoms with Crippen molar-refractivity contribution in [2.24, 2.45) is 11.8 Å². The lowest BCUT2D eigenvalue weighted by molar-refractivity contribution is -0.127. The van der Waals surface area contributed by atoms with Crippen LogP contribution in [-0.2, 0) is 4.79 Å². The highest BCUT2D eigenvalue weighted by atomic mass is 16.2. The molecule has 1 aliphatic heterocycles. The zero-order valence-corrected chi connectivity index (χ0v) is 17.6. The third-order valence-corrected chi connectivity index (χ3v) is 6.71. The summed E-state index contributed by atoms with van der Waals surface area (Å²) in [5.74, 6) is 0.920. The second-order valence-electron chi connectivity index (χ2n) is 8.60. The van der Waals surface area contributed by atoms with Crippen molar-refractivity contribution in [2.75, 3.05) is 13.1 Å². The molecule has 2 N–H and O–H groups in total. The van der Waals surface area contributed by atoms with E-state index in [0.29, 0.717) is 37.7 Å². The first kappa shape index (κ1) is 20.6. The van der Waals surface area contributed by atoms with Crippen LogP contribution in [0.1, 0.15) is 62.4 Å². The van der Waals surface area contributed by atoms with E-state index in [4.69, 9.17) is 0 Å². The van der Waals surface area contributed by atoms with Crippen molar-refractivity contribution in [1.29, 1.82) is 0 Å². The van der Waals surface area contributed by atoms with Gasteiger partial charge in [0.25, 0.3) is 5.91 Å². The van der Waals surface area contributed by atoms with Gasteiger partial charge in [-0.15, -0.1) is 0 Å². The van der Waals surface area contributed by atoms with Crippen LogP contribution in [0.2, 0.25) is 0 Å². The summed E-state index contributed by atoms with van der Waals surface area (Å²) in [5, 5.41) is 10.4. The SMILES string of the molecule is CC[C@H]1CC[C@H](NC(=O)C2CCN(C(=O)c3cc(-c4ccncc4)[nH]n3)CC2)CC1. The summed E-state index contributed by atoms with van der Waals surface area (Å²) in [6.07, 6.45) is 10.7. The van der Waals surface area contributed by atoms with Crippen LogP contribution in [0.3, 0.4) is 0 Å². The Hall–Kier alpha value is -2.70. The highest BCUT2D eigenvalue weighted by molar-refractivity contribution is 5.93. The number of likely N-dealkylation sites (tertiary alicyclic amines) is 1. The van der Waals surface area contributed by atoms with Crippen LogP contribution >= 0.6 is 0 Å². The minimum Gasteiger partial charge on any atom is -0.353 e. The van der Waals surface area contributed by atoms with Gasteiger partial charge in [-0.1, -0.05) is 13.3 Å². The van der Waals surface area contributed by atoms with Crippen LogP contribution in [0.4, 0.5) is 0 Å². The van der Waals surface area contributed by atoms with Gasteiger partial charge in [0.05, 0.1) is 5.69 Å². The maximum Gasteiger partial charge on any atom is 0.274 e. The van der Waals surface area contributed by atoms with Crippen molar-refractivity contribution in [3.8, 4) is 11.3 Å². The number of carbonyl (C=O) groups excluding carboxylic acids is 2. The quantitative estimate of drug-likeness (QED) is 0.792. The molecule has 0 radical (unpaired) electrons. The number of pyridine rings is 1. The number of aromatic amines is 1. The summed E-state index contributed by atoms with van der Waals surface area (Å²) < 4.78 is 0. The molecule has 3 heterocycles.